The van der Waals surface area contributed by atoms with Crippen molar-refractivity contribution in [1.82, 2.24) is 0 Å². The van der Waals surface area contributed by atoms with E-state index in [0.29, 0.717) is 0 Å². The predicted octanol–water partition coefficient (Wildman–Crippen LogP) is 2.15. The van der Waals surface area contributed by atoms with Gasteiger partial charge in [-0.05, 0) is 37.0 Å². The molecule has 0 amide bonds. The second kappa shape index (κ2) is 4.57. The van der Waals surface area contributed by atoms with Gasteiger partial charge in [-0.1, -0.05) is 16.4 Å². The van der Waals surface area contributed by atoms with E-state index in [1.165, 1.54) is 18.2 Å². The van der Waals surface area contributed by atoms with Crippen LogP contribution in [0.4, 0.5) is 0 Å². The summed E-state index contributed by atoms with van der Waals surface area (Å²) in [5.74, 6) is -1.54. The summed E-state index contributed by atoms with van der Waals surface area (Å²) in [5, 5.41) is 8.78. The number of carboxylic acids is 1. The Kier molecular flexibility index (Phi) is 3.59. The van der Waals surface area contributed by atoms with E-state index in [-0.39, 0.29) is 11.1 Å². The molecule has 0 fully saturated rings. The summed E-state index contributed by atoms with van der Waals surface area (Å²) in [4.78, 5) is 22.4. The second-order valence-corrected chi connectivity index (χ2v) is 7.60. The van der Waals surface area contributed by atoms with Gasteiger partial charge in [-0.15, -0.1) is 0 Å². The van der Waals surface area contributed by atoms with Crippen LogP contribution in [0.25, 0.3) is 0 Å². The van der Waals surface area contributed by atoms with Gasteiger partial charge in [0.05, 0.1) is 11.1 Å². The highest BCUT2D eigenvalue weighted by molar-refractivity contribution is 8.28. The van der Waals surface area contributed by atoms with Crippen molar-refractivity contribution in [2.24, 2.45) is 0 Å². The average molecular weight is 242 g/mol. The van der Waals surface area contributed by atoms with Crippen LogP contribution in [0.1, 0.15) is 20.7 Å². The third-order valence-corrected chi connectivity index (χ3v) is 2.32. The molecule has 4 nitrogen and oxygen atoms in total. The van der Waals surface area contributed by atoms with Crippen molar-refractivity contribution in [1.29, 1.82) is 0 Å². The summed E-state index contributed by atoms with van der Waals surface area (Å²) in [6, 6.07) is 5.82. The van der Waals surface area contributed by atoms with Crippen LogP contribution >= 0.6 is 10.3 Å². The topological polar surface area (TPSA) is 63.6 Å². The number of hydrogen-bond acceptors (Lipinski definition) is 3. The summed E-state index contributed by atoms with van der Waals surface area (Å²) in [5.41, 5.74) is 0.348. The molecule has 16 heavy (non-hydrogen) atoms. The minimum absolute atomic E-state index is 0.0818. The Bertz CT molecular complexity index is 420. The Morgan fingerprint density at radius 1 is 1.19 bits per heavy atom. The fourth-order valence-corrected chi connectivity index (χ4v) is 1.60. The molecule has 0 radical (unpaired) electrons. The normalized spacial score (nSPS) is 11.9. The quantitative estimate of drug-likeness (QED) is 0.882. The van der Waals surface area contributed by atoms with Crippen molar-refractivity contribution in [3.05, 3.63) is 35.4 Å². The van der Waals surface area contributed by atoms with E-state index < -0.39 is 22.2 Å². The molecule has 1 aromatic rings. The van der Waals surface area contributed by atoms with E-state index in [1.54, 1.807) is 6.07 Å². The molecule has 0 saturated heterocycles. The largest absolute Gasteiger partial charge is 0.478 e. The molecule has 0 unspecified atom stereocenters. The van der Waals surface area contributed by atoms with Gasteiger partial charge >= 0.3 is 11.9 Å². The third kappa shape index (κ3) is 3.58. The zero-order chi connectivity index (χ0) is 12.3. The molecule has 0 saturated carbocycles. The first kappa shape index (κ1) is 12.6. The fraction of sp³-hybridized carbons (Fsp3) is 0.273. The zero-order valence-electron chi connectivity index (χ0n) is 9.39. The van der Waals surface area contributed by atoms with E-state index in [2.05, 4.69) is 0 Å². The van der Waals surface area contributed by atoms with E-state index in [1.807, 2.05) is 18.8 Å². The number of carboxylic acid groups (broad SMARTS) is 1. The lowest BCUT2D eigenvalue weighted by Gasteiger charge is -2.24. The molecule has 0 heterocycles. The van der Waals surface area contributed by atoms with E-state index >= 15 is 0 Å². The van der Waals surface area contributed by atoms with Crippen LogP contribution in [-0.2, 0) is 4.18 Å². The molecule has 1 N–H and O–H groups in total. The average Bonchev–Trinajstić information content (AvgIpc) is 2.15. The fourth-order valence-electron chi connectivity index (χ4n) is 1.05. The molecule has 1 aromatic carbocycles. The summed E-state index contributed by atoms with van der Waals surface area (Å²) >= 11 is 0. The van der Waals surface area contributed by atoms with E-state index in [4.69, 9.17) is 9.29 Å². The molecule has 0 spiro atoms. The van der Waals surface area contributed by atoms with Crippen LogP contribution in [0.3, 0.4) is 0 Å². The Morgan fingerprint density at radius 2 is 1.75 bits per heavy atom. The van der Waals surface area contributed by atoms with Crippen molar-refractivity contribution >= 4 is 22.2 Å². The van der Waals surface area contributed by atoms with Crippen molar-refractivity contribution in [3.8, 4) is 0 Å². The first-order valence-electron chi connectivity index (χ1n) is 4.55. The maximum Gasteiger partial charge on any atom is 0.348 e. The molecule has 88 valence electrons. The molecule has 1 rings (SSSR count). The van der Waals surface area contributed by atoms with Crippen molar-refractivity contribution in [2.45, 2.75) is 0 Å². The van der Waals surface area contributed by atoms with Crippen molar-refractivity contribution in [3.63, 3.8) is 0 Å². The molecular weight excluding hydrogens is 228 g/mol. The molecule has 0 atom stereocenters. The maximum absolute atomic E-state index is 11.6. The van der Waals surface area contributed by atoms with Crippen LogP contribution in [-0.4, -0.2) is 35.8 Å². The lowest BCUT2D eigenvalue weighted by Crippen LogP contribution is -2.09. The summed E-state index contributed by atoms with van der Waals surface area (Å²) in [7, 11) is -1.40. The van der Waals surface area contributed by atoms with Crippen LogP contribution in [0, 0.1) is 0 Å². The molecule has 0 bridgehead atoms. The number of carbonyl (C=O) groups excluding carboxylic acids is 1. The summed E-state index contributed by atoms with van der Waals surface area (Å²) in [6.07, 6.45) is 5.52. The van der Waals surface area contributed by atoms with Crippen LogP contribution in [0.5, 0.6) is 0 Å². The Hall–Kier alpha value is -1.49. The molecular formula is C11H14O4S. The Labute approximate surface area is 95.8 Å². The number of benzene rings is 1. The SMILES string of the molecule is CS(C)(C)OC(=O)c1cccc(C(=O)O)c1. The molecule has 0 aliphatic rings. The summed E-state index contributed by atoms with van der Waals surface area (Å²) < 4.78 is 5.21. The van der Waals surface area contributed by atoms with Crippen LogP contribution in [0.15, 0.2) is 24.3 Å². The molecule has 0 aliphatic heterocycles. The van der Waals surface area contributed by atoms with Gasteiger partial charge < -0.3 is 9.29 Å². The molecule has 0 aliphatic carbocycles. The van der Waals surface area contributed by atoms with Gasteiger partial charge in [-0.2, -0.15) is 0 Å². The minimum atomic E-state index is -1.40. The Morgan fingerprint density at radius 3 is 2.25 bits per heavy atom. The van der Waals surface area contributed by atoms with Gasteiger partial charge in [0.1, 0.15) is 0 Å². The molecule has 0 aromatic heterocycles. The number of carbonyl (C=O) groups is 2. The van der Waals surface area contributed by atoms with Gasteiger partial charge in [0.2, 0.25) is 0 Å². The van der Waals surface area contributed by atoms with Gasteiger partial charge in [0.25, 0.3) is 0 Å². The number of hydrogen-bond donors (Lipinski definition) is 1. The van der Waals surface area contributed by atoms with Gasteiger partial charge in [-0.25, -0.2) is 9.59 Å². The predicted molar refractivity (Wildman–Crippen MR) is 64.2 cm³/mol. The first-order valence-corrected chi connectivity index (χ1v) is 7.33. The van der Waals surface area contributed by atoms with Gasteiger partial charge in [0.15, 0.2) is 0 Å². The number of aromatic carboxylic acids is 1. The first-order chi connectivity index (χ1) is 7.29. The van der Waals surface area contributed by atoms with Gasteiger partial charge in [-0.3, -0.25) is 0 Å². The van der Waals surface area contributed by atoms with Crippen LogP contribution < -0.4 is 0 Å². The Balaban J connectivity index is 2.92. The number of rotatable bonds is 3. The monoisotopic (exact) mass is 242 g/mol. The standard InChI is InChI=1S/C11H14O4S/c1-16(2,3)15-11(14)9-6-4-5-8(7-9)10(12)13/h4-7H,1-3H3,(H,12,13). The lowest BCUT2D eigenvalue weighted by atomic mass is 10.1. The maximum atomic E-state index is 11.6. The highest BCUT2D eigenvalue weighted by Crippen LogP contribution is 2.36. The highest BCUT2D eigenvalue weighted by Gasteiger charge is 2.15. The van der Waals surface area contributed by atoms with Crippen LogP contribution in [0.2, 0.25) is 0 Å². The van der Waals surface area contributed by atoms with Gasteiger partial charge in [0, 0.05) is 0 Å². The summed E-state index contributed by atoms with van der Waals surface area (Å²) in [6.45, 7) is 0. The minimum Gasteiger partial charge on any atom is -0.478 e. The van der Waals surface area contributed by atoms with Crippen molar-refractivity contribution < 1.29 is 18.9 Å². The third-order valence-electron chi connectivity index (χ3n) is 1.67. The smallest absolute Gasteiger partial charge is 0.348 e. The second-order valence-electron chi connectivity index (χ2n) is 3.98. The van der Waals surface area contributed by atoms with E-state index in [0.717, 1.165) is 0 Å². The van der Waals surface area contributed by atoms with Crippen molar-refractivity contribution in [2.75, 3.05) is 18.8 Å². The highest BCUT2D eigenvalue weighted by atomic mass is 32.3. The molecule has 5 heteroatoms. The zero-order valence-corrected chi connectivity index (χ0v) is 10.2. The lowest BCUT2D eigenvalue weighted by molar-refractivity contribution is 0.0697. The van der Waals surface area contributed by atoms with E-state index in [9.17, 15) is 9.59 Å².